The van der Waals surface area contributed by atoms with Crippen molar-refractivity contribution in [2.45, 2.75) is 5.25 Å². The maximum absolute atomic E-state index is 4.32. The molecular weight excluding hydrogens is 208 g/mol. The Kier molecular flexibility index (Phi) is 1.92. The Morgan fingerprint density at radius 3 is 3.20 bits per heavy atom. The van der Waals surface area contributed by atoms with Crippen molar-refractivity contribution in [1.29, 1.82) is 0 Å². The average molecular weight is 216 g/mol. The summed E-state index contributed by atoms with van der Waals surface area (Å²) in [6.45, 7) is 0. The molecule has 1 unspecified atom stereocenters. The first-order chi connectivity index (χ1) is 7.40. The van der Waals surface area contributed by atoms with Crippen molar-refractivity contribution in [3.63, 3.8) is 0 Å². The summed E-state index contributed by atoms with van der Waals surface area (Å²) in [5, 5.41) is 0.186. The van der Waals surface area contributed by atoms with E-state index in [1.54, 1.807) is 24.4 Å². The molecule has 0 spiro atoms. The van der Waals surface area contributed by atoms with Gasteiger partial charge in [-0.05, 0) is 12.3 Å². The van der Waals surface area contributed by atoms with Crippen LogP contribution in [-0.2, 0) is 0 Å². The molecule has 1 aliphatic carbocycles. The van der Waals surface area contributed by atoms with Gasteiger partial charge in [-0.3, -0.25) is 0 Å². The van der Waals surface area contributed by atoms with Crippen molar-refractivity contribution in [3.05, 3.63) is 29.5 Å². The predicted octanol–water partition coefficient (Wildman–Crippen LogP) is 1.72. The lowest BCUT2D eigenvalue weighted by atomic mass is 10.00. The lowest BCUT2D eigenvalue weighted by molar-refractivity contribution is 1.04. The van der Waals surface area contributed by atoms with E-state index in [2.05, 4.69) is 26.2 Å². The zero-order chi connectivity index (χ0) is 10.3. The van der Waals surface area contributed by atoms with Crippen LogP contribution in [0.2, 0.25) is 0 Å². The van der Waals surface area contributed by atoms with Crippen molar-refractivity contribution < 1.29 is 0 Å². The molecule has 0 fully saturated rings. The summed E-state index contributed by atoms with van der Waals surface area (Å²) in [4.78, 5) is 16.8. The van der Waals surface area contributed by atoms with Crippen molar-refractivity contribution >= 4 is 29.9 Å². The molecule has 0 aromatic carbocycles. The fraction of sp³-hybridized carbons (Fsp3) is 0.200. The van der Waals surface area contributed by atoms with Gasteiger partial charge in [-0.25, -0.2) is 20.0 Å². The SMILES string of the molecule is CSC1C2=NC=NC2=Cc2cncnc21. The van der Waals surface area contributed by atoms with Gasteiger partial charge in [-0.1, -0.05) is 0 Å². The van der Waals surface area contributed by atoms with E-state index in [0.717, 1.165) is 22.7 Å². The zero-order valence-corrected chi connectivity index (χ0v) is 8.90. The molecule has 0 radical (unpaired) electrons. The van der Waals surface area contributed by atoms with Gasteiger partial charge >= 0.3 is 0 Å². The minimum atomic E-state index is 0.186. The van der Waals surface area contributed by atoms with Gasteiger partial charge in [0.1, 0.15) is 12.7 Å². The molecule has 4 nitrogen and oxygen atoms in total. The number of fused-ring (bicyclic) bond motifs is 2. The maximum atomic E-state index is 4.32. The highest BCUT2D eigenvalue weighted by Gasteiger charge is 2.29. The van der Waals surface area contributed by atoms with E-state index in [1.807, 2.05) is 12.3 Å². The van der Waals surface area contributed by atoms with E-state index < -0.39 is 0 Å². The summed E-state index contributed by atoms with van der Waals surface area (Å²) < 4.78 is 0. The Morgan fingerprint density at radius 1 is 1.40 bits per heavy atom. The lowest BCUT2D eigenvalue weighted by Gasteiger charge is -2.20. The van der Waals surface area contributed by atoms with Gasteiger partial charge in [0.05, 0.1) is 22.4 Å². The summed E-state index contributed by atoms with van der Waals surface area (Å²) in [7, 11) is 0. The van der Waals surface area contributed by atoms with E-state index in [9.17, 15) is 0 Å². The molecule has 5 heteroatoms. The highest BCUT2D eigenvalue weighted by atomic mass is 32.2. The lowest BCUT2D eigenvalue weighted by Crippen LogP contribution is -2.16. The second-order valence-corrected chi connectivity index (χ2v) is 4.21. The number of hydrogen-bond donors (Lipinski definition) is 0. The summed E-state index contributed by atoms with van der Waals surface area (Å²) >= 11 is 1.72. The molecule has 0 N–H and O–H groups in total. The van der Waals surface area contributed by atoms with Crippen molar-refractivity contribution in [2.75, 3.05) is 6.26 Å². The van der Waals surface area contributed by atoms with Crippen LogP contribution in [0.5, 0.6) is 0 Å². The Hall–Kier alpha value is -1.49. The molecule has 3 rings (SSSR count). The van der Waals surface area contributed by atoms with Gasteiger partial charge in [0.2, 0.25) is 0 Å². The molecule has 2 aliphatic rings. The van der Waals surface area contributed by atoms with E-state index in [0.29, 0.717) is 0 Å². The second kappa shape index (κ2) is 3.27. The normalized spacial score (nSPS) is 21.8. The first-order valence-corrected chi connectivity index (χ1v) is 5.84. The molecule has 1 aromatic rings. The number of aliphatic imine (C=N–C) groups is 2. The number of hydrogen-bond acceptors (Lipinski definition) is 5. The molecule has 1 aromatic heterocycles. The molecule has 0 amide bonds. The fourth-order valence-electron chi connectivity index (χ4n) is 1.78. The maximum Gasteiger partial charge on any atom is 0.116 e. The molecule has 0 saturated carbocycles. The molecule has 15 heavy (non-hydrogen) atoms. The van der Waals surface area contributed by atoms with Crippen LogP contribution in [0.1, 0.15) is 16.5 Å². The number of aromatic nitrogens is 2. The van der Waals surface area contributed by atoms with Gasteiger partial charge in [0.15, 0.2) is 0 Å². The number of allylic oxidation sites excluding steroid dienone is 1. The Balaban J connectivity index is 2.22. The third kappa shape index (κ3) is 1.23. The highest BCUT2D eigenvalue weighted by Crippen LogP contribution is 2.37. The number of rotatable bonds is 1. The first-order valence-electron chi connectivity index (χ1n) is 4.55. The first kappa shape index (κ1) is 8.79. The molecule has 74 valence electrons. The van der Waals surface area contributed by atoms with Gasteiger partial charge in [0, 0.05) is 11.8 Å². The van der Waals surface area contributed by atoms with Gasteiger partial charge in [0.25, 0.3) is 0 Å². The minimum Gasteiger partial charge on any atom is -0.244 e. The summed E-state index contributed by atoms with van der Waals surface area (Å²) in [6, 6.07) is 0. The molecule has 2 heterocycles. The van der Waals surface area contributed by atoms with E-state index in [1.165, 1.54) is 0 Å². The molecule has 1 aliphatic heterocycles. The summed E-state index contributed by atoms with van der Waals surface area (Å²) in [5.41, 5.74) is 4.03. The van der Waals surface area contributed by atoms with Crippen molar-refractivity contribution in [2.24, 2.45) is 9.98 Å². The predicted molar refractivity (Wildman–Crippen MR) is 62.2 cm³/mol. The monoisotopic (exact) mass is 216 g/mol. The van der Waals surface area contributed by atoms with Crippen molar-refractivity contribution in [1.82, 2.24) is 9.97 Å². The van der Waals surface area contributed by atoms with Crippen LogP contribution < -0.4 is 0 Å². The topological polar surface area (TPSA) is 50.5 Å². The third-order valence-corrected chi connectivity index (χ3v) is 3.37. The van der Waals surface area contributed by atoms with Crippen LogP contribution in [0.3, 0.4) is 0 Å². The molecule has 1 atom stereocenters. The van der Waals surface area contributed by atoms with Crippen LogP contribution in [0.25, 0.3) is 6.08 Å². The van der Waals surface area contributed by atoms with E-state index >= 15 is 0 Å². The minimum absolute atomic E-state index is 0.186. The molecule has 0 bridgehead atoms. The average Bonchev–Trinajstić information content (AvgIpc) is 2.73. The van der Waals surface area contributed by atoms with Crippen LogP contribution >= 0.6 is 11.8 Å². The second-order valence-electron chi connectivity index (χ2n) is 3.27. The Bertz CT molecular complexity index is 504. The van der Waals surface area contributed by atoms with E-state index in [-0.39, 0.29) is 5.25 Å². The summed E-state index contributed by atoms with van der Waals surface area (Å²) in [6.07, 6.45) is 9.05. The smallest absolute Gasteiger partial charge is 0.116 e. The number of thioether (sulfide) groups is 1. The standard InChI is InChI=1S/C10H8N4S/c1-15-10-8-6(3-11-4-13-8)2-7-9(10)14-5-12-7/h2-5,10H,1H3. The third-order valence-electron chi connectivity index (χ3n) is 2.45. The molecular formula is C10H8N4S. The van der Waals surface area contributed by atoms with Gasteiger partial charge < -0.3 is 0 Å². The largest absolute Gasteiger partial charge is 0.244 e. The fourth-order valence-corrected chi connectivity index (χ4v) is 2.60. The van der Waals surface area contributed by atoms with Crippen LogP contribution in [0.15, 0.2) is 28.2 Å². The van der Waals surface area contributed by atoms with E-state index in [4.69, 9.17) is 0 Å². The van der Waals surface area contributed by atoms with Gasteiger partial charge in [-0.2, -0.15) is 0 Å². The highest BCUT2D eigenvalue weighted by molar-refractivity contribution is 7.99. The number of nitrogens with zero attached hydrogens (tertiary/aromatic N) is 4. The summed E-state index contributed by atoms with van der Waals surface area (Å²) in [5.74, 6) is 0. The van der Waals surface area contributed by atoms with Crippen LogP contribution in [0, 0.1) is 0 Å². The Labute approximate surface area is 91.3 Å². The zero-order valence-electron chi connectivity index (χ0n) is 8.08. The van der Waals surface area contributed by atoms with Crippen molar-refractivity contribution in [3.8, 4) is 0 Å². The quantitative estimate of drug-likeness (QED) is 0.718. The van der Waals surface area contributed by atoms with Crippen LogP contribution in [0.4, 0.5) is 0 Å². The molecule has 0 saturated heterocycles. The van der Waals surface area contributed by atoms with Crippen LogP contribution in [-0.4, -0.2) is 28.3 Å². The van der Waals surface area contributed by atoms with Gasteiger partial charge in [-0.15, -0.1) is 11.8 Å². The Morgan fingerprint density at radius 2 is 2.33 bits per heavy atom.